The van der Waals surface area contributed by atoms with Crippen molar-refractivity contribution in [2.24, 2.45) is 11.3 Å². The minimum Gasteiger partial charge on any atom is -0.119 e. The fourth-order valence-corrected chi connectivity index (χ4v) is 1.39. The van der Waals surface area contributed by atoms with E-state index in [9.17, 15) is 0 Å². The first-order valence-corrected chi connectivity index (χ1v) is 5.72. The summed E-state index contributed by atoms with van der Waals surface area (Å²) in [5.74, 6) is 0.564. The van der Waals surface area contributed by atoms with Crippen molar-refractivity contribution in [2.45, 2.75) is 65.7 Å². The monoisotopic (exact) mass is 204 g/mol. The van der Waals surface area contributed by atoms with Crippen molar-refractivity contribution in [3.05, 3.63) is 0 Å². The molecule has 1 unspecified atom stereocenters. The van der Waals surface area contributed by atoms with Crippen LogP contribution in [0.15, 0.2) is 0 Å². The fourth-order valence-electron chi connectivity index (χ4n) is 1.25. The Morgan fingerprint density at radius 1 is 1.00 bits per heavy atom. The molecular formula is C12H25Cl. The van der Waals surface area contributed by atoms with E-state index in [4.69, 9.17) is 11.6 Å². The maximum atomic E-state index is 6.40. The highest BCUT2D eigenvalue weighted by Gasteiger charge is 2.25. The zero-order valence-electron chi connectivity index (χ0n) is 10.1. The summed E-state index contributed by atoms with van der Waals surface area (Å²) in [7, 11) is 0. The van der Waals surface area contributed by atoms with Crippen LogP contribution in [0.4, 0.5) is 0 Å². The Labute approximate surface area is 89.1 Å². The van der Waals surface area contributed by atoms with Crippen molar-refractivity contribution >= 4 is 11.6 Å². The summed E-state index contributed by atoms with van der Waals surface area (Å²) in [5, 5.41) is 0. The van der Waals surface area contributed by atoms with Gasteiger partial charge in [-0.25, -0.2) is 0 Å². The molecule has 1 atom stereocenters. The molecule has 0 radical (unpaired) electrons. The van der Waals surface area contributed by atoms with Gasteiger partial charge < -0.3 is 0 Å². The van der Waals surface area contributed by atoms with E-state index in [1.807, 2.05) is 0 Å². The van der Waals surface area contributed by atoms with Crippen LogP contribution in [0, 0.1) is 11.3 Å². The first kappa shape index (κ1) is 13.3. The fraction of sp³-hybridized carbons (Fsp3) is 1.00. The van der Waals surface area contributed by atoms with E-state index in [1.54, 1.807) is 0 Å². The van der Waals surface area contributed by atoms with Gasteiger partial charge in [0.25, 0.3) is 0 Å². The van der Waals surface area contributed by atoms with Gasteiger partial charge in [0.2, 0.25) is 0 Å². The second-order valence-electron chi connectivity index (χ2n) is 5.85. The average Bonchev–Trinajstić information content (AvgIpc) is 1.82. The van der Waals surface area contributed by atoms with E-state index in [1.165, 1.54) is 12.8 Å². The van der Waals surface area contributed by atoms with E-state index in [0.29, 0.717) is 11.3 Å². The molecule has 0 N–H and O–H groups in total. The van der Waals surface area contributed by atoms with Gasteiger partial charge >= 0.3 is 0 Å². The van der Waals surface area contributed by atoms with Crippen LogP contribution in [0.2, 0.25) is 0 Å². The predicted molar refractivity (Wildman–Crippen MR) is 62.4 cm³/mol. The SMILES string of the molecule is CC(C)C(C)(Cl)CCCC(C)(C)C. The maximum absolute atomic E-state index is 6.40. The molecule has 0 aliphatic rings. The van der Waals surface area contributed by atoms with Crippen molar-refractivity contribution in [1.82, 2.24) is 0 Å². The topological polar surface area (TPSA) is 0 Å². The third kappa shape index (κ3) is 6.37. The number of hydrogen-bond donors (Lipinski definition) is 0. The third-order valence-electron chi connectivity index (χ3n) is 2.80. The Balaban J connectivity index is 3.77. The van der Waals surface area contributed by atoms with Gasteiger partial charge in [-0.05, 0) is 31.1 Å². The van der Waals surface area contributed by atoms with Crippen LogP contribution < -0.4 is 0 Å². The molecule has 0 aromatic carbocycles. The zero-order valence-corrected chi connectivity index (χ0v) is 10.8. The lowest BCUT2D eigenvalue weighted by Gasteiger charge is -2.28. The van der Waals surface area contributed by atoms with Crippen molar-refractivity contribution in [3.63, 3.8) is 0 Å². The second-order valence-corrected chi connectivity index (χ2v) is 6.71. The molecule has 0 fully saturated rings. The van der Waals surface area contributed by atoms with Gasteiger partial charge in [0.05, 0.1) is 0 Å². The molecular weight excluding hydrogens is 180 g/mol. The molecule has 1 heteroatoms. The molecule has 0 bridgehead atoms. The molecule has 0 aliphatic carbocycles. The molecule has 80 valence electrons. The highest BCUT2D eigenvalue weighted by atomic mass is 35.5. The Morgan fingerprint density at radius 2 is 1.46 bits per heavy atom. The molecule has 0 saturated carbocycles. The summed E-state index contributed by atoms with van der Waals surface area (Å²) >= 11 is 6.40. The maximum Gasteiger partial charge on any atom is 0.0441 e. The lowest BCUT2D eigenvalue weighted by atomic mass is 9.85. The van der Waals surface area contributed by atoms with Crippen molar-refractivity contribution in [3.8, 4) is 0 Å². The van der Waals surface area contributed by atoms with Crippen LogP contribution >= 0.6 is 11.6 Å². The van der Waals surface area contributed by atoms with Crippen LogP contribution in [0.3, 0.4) is 0 Å². The average molecular weight is 205 g/mol. The molecule has 0 spiro atoms. The molecule has 0 heterocycles. The molecule has 0 nitrogen and oxygen atoms in total. The van der Waals surface area contributed by atoms with Crippen molar-refractivity contribution in [1.29, 1.82) is 0 Å². The summed E-state index contributed by atoms with van der Waals surface area (Å²) < 4.78 is 0. The van der Waals surface area contributed by atoms with E-state index in [2.05, 4.69) is 41.5 Å². The van der Waals surface area contributed by atoms with Crippen LogP contribution in [-0.4, -0.2) is 4.87 Å². The van der Waals surface area contributed by atoms with Gasteiger partial charge in [-0.1, -0.05) is 41.0 Å². The van der Waals surface area contributed by atoms with Crippen molar-refractivity contribution in [2.75, 3.05) is 0 Å². The number of rotatable bonds is 4. The molecule has 0 aliphatic heterocycles. The third-order valence-corrected chi connectivity index (χ3v) is 3.42. The smallest absolute Gasteiger partial charge is 0.0441 e. The summed E-state index contributed by atoms with van der Waals surface area (Å²) in [6.45, 7) is 13.4. The highest BCUT2D eigenvalue weighted by molar-refractivity contribution is 6.23. The second kappa shape index (κ2) is 4.68. The summed E-state index contributed by atoms with van der Waals surface area (Å²) in [6.07, 6.45) is 3.63. The van der Waals surface area contributed by atoms with Crippen molar-refractivity contribution < 1.29 is 0 Å². The van der Waals surface area contributed by atoms with Gasteiger partial charge in [-0.15, -0.1) is 11.6 Å². The first-order valence-electron chi connectivity index (χ1n) is 5.34. The van der Waals surface area contributed by atoms with E-state index >= 15 is 0 Å². The Hall–Kier alpha value is 0.290. The summed E-state index contributed by atoms with van der Waals surface area (Å²) in [4.78, 5) is -0.00868. The van der Waals surface area contributed by atoms with Crippen LogP contribution in [0.25, 0.3) is 0 Å². The van der Waals surface area contributed by atoms with E-state index < -0.39 is 0 Å². The van der Waals surface area contributed by atoms with Crippen LogP contribution in [0.1, 0.15) is 60.8 Å². The molecule has 0 rings (SSSR count). The minimum atomic E-state index is -0.00868. The lowest BCUT2D eigenvalue weighted by molar-refractivity contribution is 0.329. The normalized spacial score (nSPS) is 17.5. The van der Waals surface area contributed by atoms with Gasteiger partial charge in [-0.3, -0.25) is 0 Å². The summed E-state index contributed by atoms with van der Waals surface area (Å²) in [5.41, 5.74) is 0.448. The summed E-state index contributed by atoms with van der Waals surface area (Å²) in [6, 6.07) is 0. The quantitative estimate of drug-likeness (QED) is 0.574. The molecule has 0 aromatic heterocycles. The first-order chi connectivity index (χ1) is 5.65. The Morgan fingerprint density at radius 3 is 1.77 bits per heavy atom. The minimum absolute atomic E-state index is 0.00868. The van der Waals surface area contributed by atoms with Crippen LogP contribution in [-0.2, 0) is 0 Å². The predicted octanol–water partition coefficient (Wildman–Crippen LogP) is 4.86. The molecule has 0 aromatic rings. The zero-order chi connectivity index (χ0) is 10.7. The van der Waals surface area contributed by atoms with Gasteiger partial charge in [-0.2, -0.15) is 0 Å². The largest absolute Gasteiger partial charge is 0.119 e. The van der Waals surface area contributed by atoms with E-state index in [-0.39, 0.29) is 4.87 Å². The Kier molecular flexibility index (Phi) is 4.79. The Bertz CT molecular complexity index is 140. The number of alkyl halides is 1. The standard InChI is InChI=1S/C12H25Cl/c1-10(2)12(6,13)9-7-8-11(3,4)5/h10H,7-9H2,1-6H3. The van der Waals surface area contributed by atoms with Crippen LogP contribution in [0.5, 0.6) is 0 Å². The highest BCUT2D eigenvalue weighted by Crippen LogP contribution is 2.32. The number of hydrogen-bond acceptors (Lipinski definition) is 0. The molecule has 0 amide bonds. The lowest BCUT2D eigenvalue weighted by Crippen LogP contribution is -2.24. The molecule has 0 saturated heterocycles. The van der Waals surface area contributed by atoms with Gasteiger partial charge in [0.15, 0.2) is 0 Å². The molecule has 13 heavy (non-hydrogen) atoms. The number of halogens is 1. The van der Waals surface area contributed by atoms with Gasteiger partial charge in [0, 0.05) is 4.87 Å². The van der Waals surface area contributed by atoms with E-state index in [0.717, 1.165) is 6.42 Å². The van der Waals surface area contributed by atoms with Gasteiger partial charge in [0.1, 0.15) is 0 Å².